The number of nitrogens with one attached hydrogen (secondary N) is 1. The van der Waals surface area contributed by atoms with Crippen LogP contribution >= 0.6 is 0 Å². The van der Waals surface area contributed by atoms with Gasteiger partial charge >= 0.3 is 5.69 Å². The van der Waals surface area contributed by atoms with Gasteiger partial charge in [0.2, 0.25) is 0 Å². The van der Waals surface area contributed by atoms with Gasteiger partial charge in [0, 0.05) is 19.8 Å². The molecule has 3 rings (SSSR count). The van der Waals surface area contributed by atoms with E-state index >= 15 is 0 Å². The van der Waals surface area contributed by atoms with E-state index in [1.54, 1.807) is 42.3 Å². The highest BCUT2D eigenvalue weighted by atomic mass is 16.5. The Hall–Kier alpha value is -3.02. The standard InChI is InChI=1S/C22H27N3O3/c1-13(2)16-8-7-14(3)20(11-16)28-15(4)21(26)23-17-9-10-18-19(12-17)25(6)22(27)24(18)5/h7-13,15H,1-6H3,(H,23,26). The van der Waals surface area contributed by atoms with Gasteiger partial charge in [-0.2, -0.15) is 0 Å². The second kappa shape index (κ2) is 7.54. The number of ether oxygens (including phenoxy) is 1. The molecular weight excluding hydrogens is 354 g/mol. The van der Waals surface area contributed by atoms with Crippen LogP contribution in [0.5, 0.6) is 5.75 Å². The van der Waals surface area contributed by atoms with Crippen molar-refractivity contribution in [2.45, 2.75) is 39.7 Å². The molecule has 3 aromatic rings. The topological polar surface area (TPSA) is 65.3 Å². The Morgan fingerprint density at radius 3 is 2.36 bits per heavy atom. The first-order valence-corrected chi connectivity index (χ1v) is 9.42. The van der Waals surface area contributed by atoms with Gasteiger partial charge in [0.15, 0.2) is 6.10 Å². The molecule has 1 amide bonds. The van der Waals surface area contributed by atoms with Crippen LogP contribution in [0.2, 0.25) is 0 Å². The number of hydrogen-bond donors (Lipinski definition) is 1. The van der Waals surface area contributed by atoms with Crippen molar-refractivity contribution < 1.29 is 9.53 Å². The van der Waals surface area contributed by atoms with Crippen LogP contribution in [0.1, 0.15) is 37.8 Å². The van der Waals surface area contributed by atoms with Crippen LogP contribution in [0.4, 0.5) is 5.69 Å². The monoisotopic (exact) mass is 381 g/mol. The maximum absolute atomic E-state index is 12.6. The van der Waals surface area contributed by atoms with E-state index in [-0.39, 0.29) is 11.6 Å². The van der Waals surface area contributed by atoms with Gasteiger partial charge in [-0.05, 0) is 55.2 Å². The van der Waals surface area contributed by atoms with E-state index in [2.05, 4.69) is 25.2 Å². The summed E-state index contributed by atoms with van der Waals surface area (Å²) in [6, 6.07) is 11.5. The molecule has 2 aromatic carbocycles. The van der Waals surface area contributed by atoms with Crippen molar-refractivity contribution in [3.05, 3.63) is 58.0 Å². The maximum atomic E-state index is 12.6. The van der Waals surface area contributed by atoms with Crippen LogP contribution in [0.25, 0.3) is 11.0 Å². The predicted molar refractivity (Wildman–Crippen MR) is 112 cm³/mol. The minimum absolute atomic E-state index is 0.101. The average Bonchev–Trinajstić information content (AvgIpc) is 2.87. The van der Waals surface area contributed by atoms with Crippen molar-refractivity contribution >= 4 is 22.6 Å². The zero-order valence-electron chi connectivity index (χ0n) is 17.2. The normalized spacial score (nSPS) is 12.4. The second-order valence-electron chi connectivity index (χ2n) is 7.53. The lowest BCUT2D eigenvalue weighted by molar-refractivity contribution is -0.122. The molecule has 0 bridgehead atoms. The molecule has 6 heteroatoms. The molecule has 0 aliphatic heterocycles. The Morgan fingerprint density at radius 2 is 1.68 bits per heavy atom. The van der Waals surface area contributed by atoms with Crippen molar-refractivity contribution in [2.24, 2.45) is 14.1 Å². The summed E-state index contributed by atoms with van der Waals surface area (Å²) in [5.74, 6) is 0.862. The Kier molecular flexibility index (Phi) is 5.31. The molecular formula is C22H27N3O3. The minimum Gasteiger partial charge on any atom is -0.481 e. The number of carbonyl (C=O) groups is 1. The van der Waals surface area contributed by atoms with Gasteiger partial charge in [0.25, 0.3) is 5.91 Å². The zero-order chi connectivity index (χ0) is 20.6. The van der Waals surface area contributed by atoms with Crippen LogP contribution in [0.3, 0.4) is 0 Å². The number of anilines is 1. The summed E-state index contributed by atoms with van der Waals surface area (Å²) in [6.45, 7) is 7.94. The molecule has 6 nitrogen and oxygen atoms in total. The van der Waals surface area contributed by atoms with Gasteiger partial charge in [-0.3, -0.25) is 13.9 Å². The molecule has 0 saturated heterocycles. The third kappa shape index (κ3) is 3.67. The number of aromatic nitrogens is 2. The van der Waals surface area contributed by atoms with Crippen LogP contribution in [-0.4, -0.2) is 21.1 Å². The minimum atomic E-state index is -0.656. The maximum Gasteiger partial charge on any atom is 0.328 e. The molecule has 1 atom stereocenters. The molecule has 148 valence electrons. The van der Waals surface area contributed by atoms with Crippen LogP contribution < -0.4 is 15.7 Å². The fourth-order valence-corrected chi connectivity index (χ4v) is 3.18. The number of hydrogen-bond acceptors (Lipinski definition) is 3. The molecule has 0 aliphatic carbocycles. The molecule has 0 radical (unpaired) electrons. The molecule has 1 aromatic heterocycles. The number of rotatable bonds is 5. The van der Waals surface area contributed by atoms with E-state index in [1.165, 1.54) is 5.56 Å². The molecule has 1 unspecified atom stereocenters. The van der Waals surface area contributed by atoms with Crippen molar-refractivity contribution in [1.29, 1.82) is 0 Å². The average molecular weight is 381 g/mol. The van der Waals surface area contributed by atoms with E-state index < -0.39 is 6.10 Å². The van der Waals surface area contributed by atoms with E-state index in [1.807, 2.05) is 25.1 Å². The highest BCUT2D eigenvalue weighted by molar-refractivity contribution is 5.96. The van der Waals surface area contributed by atoms with Gasteiger partial charge in [0.1, 0.15) is 5.75 Å². The third-order valence-corrected chi connectivity index (χ3v) is 5.09. The van der Waals surface area contributed by atoms with Crippen molar-refractivity contribution in [1.82, 2.24) is 9.13 Å². The number of amides is 1. The van der Waals surface area contributed by atoms with Gasteiger partial charge in [-0.25, -0.2) is 4.79 Å². The number of carbonyl (C=O) groups excluding carboxylic acids is 1. The van der Waals surface area contributed by atoms with Crippen molar-refractivity contribution in [2.75, 3.05) is 5.32 Å². The van der Waals surface area contributed by atoms with E-state index in [9.17, 15) is 9.59 Å². The Bertz CT molecular complexity index is 1090. The number of aryl methyl sites for hydroxylation is 3. The van der Waals surface area contributed by atoms with Crippen LogP contribution in [0.15, 0.2) is 41.2 Å². The summed E-state index contributed by atoms with van der Waals surface area (Å²) < 4.78 is 9.07. The number of benzene rings is 2. The second-order valence-corrected chi connectivity index (χ2v) is 7.53. The lowest BCUT2D eigenvalue weighted by Crippen LogP contribution is -2.30. The summed E-state index contributed by atoms with van der Waals surface area (Å²) in [5, 5.41) is 2.88. The fraction of sp³-hybridized carbons (Fsp3) is 0.364. The molecule has 0 saturated carbocycles. The predicted octanol–water partition coefficient (Wildman–Crippen LogP) is 3.71. The summed E-state index contributed by atoms with van der Waals surface area (Å²) >= 11 is 0. The molecule has 0 spiro atoms. The highest BCUT2D eigenvalue weighted by Crippen LogP contribution is 2.25. The highest BCUT2D eigenvalue weighted by Gasteiger charge is 2.17. The Morgan fingerprint density at radius 1 is 1.00 bits per heavy atom. The summed E-state index contributed by atoms with van der Waals surface area (Å²) in [7, 11) is 3.44. The first-order chi connectivity index (χ1) is 13.2. The molecule has 0 aliphatic rings. The van der Waals surface area contributed by atoms with Gasteiger partial charge in [0.05, 0.1) is 11.0 Å². The van der Waals surface area contributed by atoms with Crippen LogP contribution in [-0.2, 0) is 18.9 Å². The Labute approximate surface area is 164 Å². The summed E-state index contributed by atoms with van der Waals surface area (Å²) in [6.07, 6.45) is -0.656. The summed E-state index contributed by atoms with van der Waals surface area (Å²) in [5.41, 5.74) is 4.26. The van der Waals surface area contributed by atoms with Crippen molar-refractivity contribution in [3.63, 3.8) is 0 Å². The first kappa shape index (κ1) is 19.7. The van der Waals surface area contributed by atoms with E-state index in [0.29, 0.717) is 11.6 Å². The lowest BCUT2D eigenvalue weighted by Gasteiger charge is -2.18. The third-order valence-electron chi connectivity index (χ3n) is 5.09. The largest absolute Gasteiger partial charge is 0.481 e. The molecule has 1 heterocycles. The zero-order valence-corrected chi connectivity index (χ0v) is 17.2. The van der Waals surface area contributed by atoms with Crippen LogP contribution in [0, 0.1) is 6.92 Å². The van der Waals surface area contributed by atoms with Crippen molar-refractivity contribution in [3.8, 4) is 5.75 Å². The molecule has 0 fully saturated rings. The SMILES string of the molecule is Cc1ccc(C(C)C)cc1OC(C)C(=O)Nc1ccc2c(c1)n(C)c(=O)n2C. The first-order valence-electron chi connectivity index (χ1n) is 9.42. The fourth-order valence-electron chi connectivity index (χ4n) is 3.18. The lowest BCUT2D eigenvalue weighted by atomic mass is 10.0. The smallest absolute Gasteiger partial charge is 0.328 e. The molecule has 28 heavy (non-hydrogen) atoms. The van der Waals surface area contributed by atoms with Gasteiger partial charge < -0.3 is 10.1 Å². The van der Waals surface area contributed by atoms with E-state index in [4.69, 9.17) is 4.74 Å². The summed E-state index contributed by atoms with van der Waals surface area (Å²) in [4.78, 5) is 24.7. The van der Waals surface area contributed by atoms with Gasteiger partial charge in [-0.15, -0.1) is 0 Å². The Balaban J connectivity index is 1.78. The quantitative estimate of drug-likeness (QED) is 0.733. The van der Waals surface area contributed by atoms with E-state index in [0.717, 1.165) is 22.3 Å². The molecule has 1 N–H and O–H groups in total. The number of nitrogens with zero attached hydrogens (tertiary/aromatic N) is 2. The number of fused-ring (bicyclic) bond motifs is 1. The van der Waals surface area contributed by atoms with Gasteiger partial charge in [-0.1, -0.05) is 26.0 Å². The number of imidazole rings is 1.